The molecule has 0 atom stereocenters. The van der Waals surface area contributed by atoms with Crippen LogP contribution in [0.25, 0.3) is 0 Å². The summed E-state index contributed by atoms with van der Waals surface area (Å²) in [5, 5.41) is 3.06. The Morgan fingerprint density at radius 1 is 1.41 bits per heavy atom. The summed E-state index contributed by atoms with van der Waals surface area (Å²) in [7, 11) is 3.80. The molecule has 104 valence electrons. The molecule has 0 aromatic heterocycles. The third-order valence-electron chi connectivity index (χ3n) is 2.09. The van der Waals surface area contributed by atoms with E-state index in [4.69, 9.17) is 10.5 Å². The van der Waals surface area contributed by atoms with E-state index in [1.54, 1.807) is 7.11 Å². The standard InChI is InChI=1S/C11H26N4O.HI/c1-10(2)14-11(12)13-6-5-7-15(3)8-9-16-4;/h10H,5-9H2,1-4H3,(H3,12,13,14);1H. The maximum Gasteiger partial charge on any atom is 0.188 e. The van der Waals surface area contributed by atoms with Crippen LogP contribution in [0.4, 0.5) is 0 Å². The average Bonchev–Trinajstić information content (AvgIpc) is 2.20. The van der Waals surface area contributed by atoms with E-state index in [-0.39, 0.29) is 24.0 Å². The lowest BCUT2D eigenvalue weighted by atomic mass is 10.4. The number of halogens is 1. The van der Waals surface area contributed by atoms with E-state index in [0.29, 0.717) is 12.0 Å². The van der Waals surface area contributed by atoms with Gasteiger partial charge in [0.25, 0.3) is 0 Å². The zero-order chi connectivity index (χ0) is 12.4. The summed E-state index contributed by atoms with van der Waals surface area (Å²) < 4.78 is 5.00. The van der Waals surface area contributed by atoms with Gasteiger partial charge in [-0.3, -0.25) is 4.99 Å². The van der Waals surface area contributed by atoms with Gasteiger partial charge in [-0.25, -0.2) is 0 Å². The molecule has 5 nitrogen and oxygen atoms in total. The second kappa shape index (κ2) is 12.4. The molecule has 0 aromatic rings. The van der Waals surface area contributed by atoms with Crippen molar-refractivity contribution in [1.82, 2.24) is 10.2 Å². The summed E-state index contributed by atoms with van der Waals surface area (Å²) in [6.07, 6.45) is 1.01. The highest BCUT2D eigenvalue weighted by molar-refractivity contribution is 14.0. The highest BCUT2D eigenvalue weighted by atomic mass is 127. The second-order valence-corrected chi connectivity index (χ2v) is 4.22. The van der Waals surface area contributed by atoms with Crippen molar-refractivity contribution in [1.29, 1.82) is 0 Å². The van der Waals surface area contributed by atoms with Gasteiger partial charge in [-0.2, -0.15) is 0 Å². The first-order valence-electron chi connectivity index (χ1n) is 5.80. The maximum absolute atomic E-state index is 5.68. The first kappa shape index (κ1) is 19.3. The van der Waals surface area contributed by atoms with E-state index < -0.39 is 0 Å². The zero-order valence-corrected chi connectivity index (χ0v) is 13.7. The van der Waals surface area contributed by atoms with Gasteiger partial charge in [0, 0.05) is 26.2 Å². The number of methoxy groups -OCH3 is 1. The van der Waals surface area contributed by atoms with E-state index in [2.05, 4.69) is 22.3 Å². The zero-order valence-electron chi connectivity index (χ0n) is 11.4. The fourth-order valence-corrected chi connectivity index (χ4v) is 1.24. The minimum Gasteiger partial charge on any atom is -0.383 e. The molecule has 17 heavy (non-hydrogen) atoms. The van der Waals surface area contributed by atoms with Crippen molar-refractivity contribution in [2.75, 3.05) is 40.4 Å². The van der Waals surface area contributed by atoms with Gasteiger partial charge in [0.05, 0.1) is 6.61 Å². The first-order chi connectivity index (χ1) is 7.56. The van der Waals surface area contributed by atoms with Gasteiger partial charge in [0.2, 0.25) is 0 Å². The number of rotatable bonds is 8. The third kappa shape index (κ3) is 13.9. The Kier molecular flexibility index (Phi) is 14.0. The Morgan fingerprint density at radius 3 is 2.59 bits per heavy atom. The Bertz CT molecular complexity index is 200. The molecule has 0 spiro atoms. The van der Waals surface area contributed by atoms with Crippen molar-refractivity contribution in [3.8, 4) is 0 Å². The number of nitrogens with one attached hydrogen (secondary N) is 1. The topological polar surface area (TPSA) is 62.9 Å². The number of likely N-dealkylation sites (N-methyl/N-ethyl adjacent to an activating group) is 1. The summed E-state index contributed by atoms with van der Waals surface area (Å²) in [4.78, 5) is 6.47. The average molecular weight is 358 g/mol. The van der Waals surface area contributed by atoms with Crippen molar-refractivity contribution in [2.24, 2.45) is 10.7 Å². The van der Waals surface area contributed by atoms with Crippen LogP contribution in [0.5, 0.6) is 0 Å². The molecule has 0 radical (unpaired) electrons. The maximum atomic E-state index is 5.68. The number of guanidine groups is 1. The third-order valence-corrected chi connectivity index (χ3v) is 2.09. The number of ether oxygens (including phenoxy) is 1. The van der Waals surface area contributed by atoms with E-state index in [1.165, 1.54) is 0 Å². The number of hydrogen-bond donors (Lipinski definition) is 2. The van der Waals surface area contributed by atoms with E-state index >= 15 is 0 Å². The number of nitrogens with two attached hydrogens (primary N) is 1. The quantitative estimate of drug-likeness (QED) is 0.293. The number of aliphatic imine (C=N–C) groups is 1. The smallest absolute Gasteiger partial charge is 0.188 e. The molecule has 6 heteroatoms. The van der Waals surface area contributed by atoms with Crippen LogP contribution < -0.4 is 11.1 Å². The monoisotopic (exact) mass is 358 g/mol. The molecule has 0 aliphatic heterocycles. The minimum absolute atomic E-state index is 0. The lowest BCUT2D eigenvalue weighted by Gasteiger charge is -2.15. The van der Waals surface area contributed by atoms with Gasteiger partial charge >= 0.3 is 0 Å². The van der Waals surface area contributed by atoms with Crippen LogP contribution in [0.2, 0.25) is 0 Å². The molecule has 0 saturated heterocycles. The van der Waals surface area contributed by atoms with Gasteiger partial charge in [0.15, 0.2) is 5.96 Å². The predicted molar refractivity (Wildman–Crippen MR) is 84.2 cm³/mol. The van der Waals surface area contributed by atoms with Crippen LogP contribution in [-0.4, -0.2) is 57.3 Å². The Balaban J connectivity index is 0. The molecule has 0 aliphatic rings. The van der Waals surface area contributed by atoms with Crippen LogP contribution in [0, 0.1) is 0 Å². The molecule has 0 saturated carbocycles. The van der Waals surface area contributed by atoms with Crippen LogP contribution in [0.15, 0.2) is 4.99 Å². The van der Waals surface area contributed by atoms with Crippen molar-refractivity contribution in [3.05, 3.63) is 0 Å². The summed E-state index contributed by atoms with van der Waals surface area (Å²) in [5.74, 6) is 0.537. The highest BCUT2D eigenvalue weighted by Gasteiger charge is 1.97. The first-order valence-corrected chi connectivity index (χ1v) is 5.80. The van der Waals surface area contributed by atoms with Gasteiger partial charge in [-0.15, -0.1) is 24.0 Å². The Hall–Kier alpha value is -0.0800. The van der Waals surface area contributed by atoms with Crippen molar-refractivity contribution < 1.29 is 4.74 Å². The van der Waals surface area contributed by atoms with Gasteiger partial charge in [0.1, 0.15) is 0 Å². The molecular formula is C11H27IN4O. The van der Waals surface area contributed by atoms with Crippen molar-refractivity contribution in [3.63, 3.8) is 0 Å². The van der Waals surface area contributed by atoms with E-state index in [1.807, 2.05) is 13.8 Å². The lowest BCUT2D eigenvalue weighted by Crippen LogP contribution is -2.37. The lowest BCUT2D eigenvalue weighted by molar-refractivity contribution is 0.161. The van der Waals surface area contributed by atoms with E-state index in [9.17, 15) is 0 Å². The molecule has 0 bridgehead atoms. The molecule has 0 aromatic carbocycles. The Labute approximate surface area is 122 Å². The van der Waals surface area contributed by atoms with Gasteiger partial charge in [-0.1, -0.05) is 0 Å². The fourth-order valence-electron chi connectivity index (χ4n) is 1.24. The molecule has 0 heterocycles. The normalized spacial score (nSPS) is 11.8. The molecule has 0 rings (SSSR count). The molecule has 0 aliphatic carbocycles. The molecule has 0 amide bonds. The van der Waals surface area contributed by atoms with Gasteiger partial charge < -0.3 is 20.7 Å². The highest BCUT2D eigenvalue weighted by Crippen LogP contribution is 1.88. The molecule has 0 fully saturated rings. The summed E-state index contributed by atoms with van der Waals surface area (Å²) in [6.45, 7) is 7.60. The SMILES string of the molecule is COCCN(C)CCCN=C(N)NC(C)C.I. The number of nitrogens with zero attached hydrogens (tertiary/aromatic N) is 2. The molecular weight excluding hydrogens is 331 g/mol. The molecule has 0 unspecified atom stereocenters. The van der Waals surface area contributed by atoms with E-state index in [0.717, 1.165) is 32.7 Å². The van der Waals surface area contributed by atoms with Crippen LogP contribution in [-0.2, 0) is 4.74 Å². The summed E-state index contributed by atoms with van der Waals surface area (Å²) in [6, 6.07) is 0.341. The largest absolute Gasteiger partial charge is 0.383 e. The van der Waals surface area contributed by atoms with Crippen molar-refractivity contribution in [2.45, 2.75) is 26.3 Å². The van der Waals surface area contributed by atoms with Crippen molar-refractivity contribution >= 4 is 29.9 Å². The van der Waals surface area contributed by atoms with Gasteiger partial charge in [-0.05, 0) is 33.9 Å². The van der Waals surface area contributed by atoms with Crippen LogP contribution >= 0.6 is 24.0 Å². The Morgan fingerprint density at radius 2 is 2.06 bits per heavy atom. The summed E-state index contributed by atoms with van der Waals surface area (Å²) >= 11 is 0. The van der Waals surface area contributed by atoms with Crippen LogP contribution in [0.3, 0.4) is 0 Å². The second-order valence-electron chi connectivity index (χ2n) is 4.22. The summed E-state index contributed by atoms with van der Waals surface area (Å²) in [5.41, 5.74) is 5.68. The number of hydrogen-bond acceptors (Lipinski definition) is 3. The predicted octanol–water partition coefficient (Wildman–Crippen LogP) is 0.885. The minimum atomic E-state index is 0. The fraction of sp³-hybridized carbons (Fsp3) is 0.909. The molecule has 3 N–H and O–H groups in total. The van der Waals surface area contributed by atoms with Crippen LogP contribution in [0.1, 0.15) is 20.3 Å².